The topological polar surface area (TPSA) is 55.4 Å². The van der Waals surface area contributed by atoms with E-state index in [9.17, 15) is 9.59 Å². The maximum absolute atomic E-state index is 11.4. The average Bonchev–Trinajstić information content (AvgIpc) is 2.38. The predicted molar refractivity (Wildman–Crippen MR) is 71.0 cm³/mol. The molecule has 1 rings (SSSR count). The average molecular weight is 270 g/mol. The normalized spacial score (nSPS) is 11.8. The molecule has 1 N–H and O–H groups in total. The zero-order valence-corrected chi connectivity index (χ0v) is 11.4. The molecule has 0 spiro atoms. The molecule has 98 valence electrons. The lowest BCUT2D eigenvalue weighted by Crippen LogP contribution is -2.14. The number of aryl methyl sites for hydroxylation is 1. The molecular weight excluding hydrogens is 254 g/mol. The molecule has 0 aliphatic carbocycles. The van der Waals surface area contributed by atoms with E-state index in [-0.39, 0.29) is 23.7 Å². The van der Waals surface area contributed by atoms with Gasteiger partial charge in [0.05, 0.1) is 13.0 Å². The maximum Gasteiger partial charge on any atom is 0.312 e. The SMILES string of the molecule is COC(=O)C(C)c1ccc(NC(=O)CCl)c(C)c1. The molecule has 0 bridgehead atoms. The van der Waals surface area contributed by atoms with Crippen molar-refractivity contribution in [3.8, 4) is 0 Å². The van der Waals surface area contributed by atoms with Gasteiger partial charge in [-0.1, -0.05) is 12.1 Å². The van der Waals surface area contributed by atoms with Crippen molar-refractivity contribution >= 4 is 29.2 Å². The Hall–Kier alpha value is -1.55. The van der Waals surface area contributed by atoms with Gasteiger partial charge >= 0.3 is 5.97 Å². The van der Waals surface area contributed by atoms with E-state index in [4.69, 9.17) is 16.3 Å². The lowest BCUT2D eigenvalue weighted by molar-refractivity contribution is -0.142. The minimum absolute atomic E-state index is 0.0836. The van der Waals surface area contributed by atoms with Crippen LogP contribution in [0.4, 0.5) is 5.69 Å². The van der Waals surface area contributed by atoms with Gasteiger partial charge in [0.1, 0.15) is 5.88 Å². The first-order chi connectivity index (χ1) is 8.49. The van der Waals surface area contributed by atoms with Crippen LogP contribution in [-0.4, -0.2) is 24.9 Å². The van der Waals surface area contributed by atoms with Crippen molar-refractivity contribution in [1.82, 2.24) is 0 Å². The smallest absolute Gasteiger partial charge is 0.312 e. The molecule has 1 amide bonds. The van der Waals surface area contributed by atoms with Crippen LogP contribution >= 0.6 is 11.6 Å². The van der Waals surface area contributed by atoms with Crippen LogP contribution in [-0.2, 0) is 14.3 Å². The Bertz CT molecular complexity index is 460. The Kier molecular flexibility index (Phi) is 5.16. The van der Waals surface area contributed by atoms with Crippen molar-refractivity contribution in [2.24, 2.45) is 0 Å². The minimum Gasteiger partial charge on any atom is -0.469 e. The van der Waals surface area contributed by atoms with E-state index in [1.54, 1.807) is 19.1 Å². The zero-order valence-electron chi connectivity index (χ0n) is 10.6. The fraction of sp³-hybridized carbons (Fsp3) is 0.385. The van der Waals surface area contributed by atoms with Crippen LogP contribution in [0.2, 0.25) is 0 Å². The largest absolute Gasteiger partial charge is 0.469 e. The fourth-order valence-corrected chi connectivity index (χ4v) is 1.66. The highest BCUT2D eigenvalue weighted by Crippen LogP contribution is 2.23. The summed E-state index contributed by atoms with van der Waals surface area (Å²) in [6, 6.07) is 5.40. The summed E-state index contributed by atoms with van der Waals surface area (Å²) in [5.74, 6) is -0.952. The van der Waals surface area contributed by atoms with Gasteiger partial charge in [0.25, 0.3) is 0 Å². The number of rotatable bonds is 4. The summed E-state index contributed by atoms with van der Waals surface area (Å²) in [5.41, 5.74) is 2.42. The summed E-state index contributed by atoms with van der Waals surface area (Å²) in [6.07, 6.45) is 0. The van der Waals surface area contributed by atoms with E-state index in [0.29, 0.717) is 5.69 Å². The molecule has 0 aliphatic rings. The number of benzene rings is 1. The van der Waals surface area contributed by atoms with Crippen molar-refractivity contribution < 1.29 is 14.3 Å². The second-order valence-electron chi connectivity index (χ2n) is 4.00. The highest BCUT2D eigenvalue weighted by molar-refractivity contribution is 6.29. The molecule has 18 heavy (non-hydrogen) atoms. The van der Waals surface area contributed by atoms with Gasteiger partial charge in [-0.15, -0.1) is 11.6 Å². The second-order valence-corrected chi connectivity index (χ2v) is 4.27. The first-order valence-corrected chi connectivity index (χ1v) is 6.07. The van der Waals surface area contributed by atoms with Crippen LogP contribution in [0.25, 0.3) is 0 Å². The molecule has 1 atom stereocenters. The molecule has 1 aromatic rings. The van der Waals surface area contributed by atoms with Gasteiger partial charge in [-0.25, -0.2) is 0 Å². The molecule has 1 unspecified atom stereocenters. The zero-order chi connectivity index (χ0) is 13.7. The van der Waals surface area contributed by atoms with Crippen molar-refractivity contribution in [2.45, 2.75) is 19.8 Å². The summed E-state index contributed by atoms with van der Waals surface area (Å²) < 4.78 is 4.69. The number of anilines is 1. The Labute approximate surface area is 111 Å². The molecule has 0 aliphatic heterocycles. The van der Waals surface area contributed by atoms with Crippen molar-refractivity contribution in [1.29, 1.82) is 0 Å². The number of methoxy groups -OCH3 is 1. The van der Waals surface area contributed by atoms with Crippen molar-refractivity contribution in [3.05, 3.63) is 29.3 Å². The van der Waals surface area contributed by atoms with Gasteiger partial charge in [0.2, 0.25) is 5.91 Å². The molecule has 5 heteroatoms. The number of alkyl halides is 1. The summed E-state index contributed by atoms with van der Waals surface area (Å²) >= 11 is 5.42. The first-order valence-electron chi connectivity index (χ1n) is 5.53. The number of hydrogen-bond donors (Lipinski definition) is 1. The lowest BCUT2D eigenvalue weighted by Gasteiger charge is -2.13. The summed E-state index contributed by atoms with van der Waals surface area (Å²) in [7, 11) is 1.36. The summed E-state index contributed by atoms with van der Waals surface area (Å²) in [6.45, 7) is 3.63. The van der Waals surface area contributed by atoms with E-state index >= 15 is 0 Å². The quantitative estimate of drug-likeness (QED) is 0.675. The van der Waals surface area contributed by atoms with Crippen LogP contribution in [0.5, 0.6) is 0 Å². The van der Waals surface area contributed by atoms with Gasteiger partial charge in [-0.2, -0.15) is 0 Å². The van der Waals surface area contributed by atoms with Crippen molar-refractivity contribution in [3.63, 3.8) is 0 Å². The maximum atomic E-state index is 11.4. The number of ether oxygens (including phenoxy) is 1. The standard InChI is InChI=1S/C13H16ClNO3/c1-8-6-10(9(2)13(17)18-3)4-5-11(8)15-12(16)7-14/h4-6,9H,7H2,1-3H3,(H,15,16). The third-order valence-electron chi connectivity index (χ3n) is 2.70. The monoisotopic (exact) mass is 269 g/mol. The number of carbonyl (C=O) groups is 2. The Morgan fingerprint density at radius 3 is 2.61 bits per heavy atom. The van der Waals surface area contributed by atoms with Gasteiger partial charge in [0, 0.05) is 5.69 Å². The molecule has 0 aromatic heterocycles. The molecule has 0 heterocycles. The summed E-state index contributed by atoms with van der Waals surface area (Å²) in [4.78, 5) is 22.6. The lowest BCUT2D eigenvalue weighted by atomic mass is 9.98. The van der Waals surface area contributed by atoms with Crippen LogP contribution in [0.15, 0.2) is 18.2 Å². The van der Waals surface area contributed by atoms with Gasteiger partial charge in [-0.05, 0) is 31.0 Å². The van der Waals surface area contributed by atoms with Crippen LogP contribution in [0.1, 0.15) is 24.0 Å². The molecule has 1 aromatic carbocycles. The highest BCUT2D eigenvalue weighted by Gasteiger charge is 2.16. The Morgan fingerprint density at radius 2 is 2.11 bits per heavy atom. The van der Waals surface area contributed by atoms with Gasteiger partial charge in [0.15, 0.2) is 0 Å². The fourth-order valence-electron chi connectivity index (χ4n) is 1.59. The van der Waals surface area contributed by atoms with E-state index < -0.39 is 0 Å². The second kappa shape index (κ2) is 6.40. The molecule has 0 saturated heterocycles. The third kappa shape index (κ3) is 3.47. The third-order valence-corrected chi connectivity index (χ3v) is 2.94. The molecule has 0 fully saturated rings. The van der Waals surface area contributed by atoms with E-state index in [1.165, 1.54) is 7.11 Å². The number of esters is 1. The number of nitrogens with one attached hydrogen (secondary N) is 1. The number of halogens is 1. The number of amides is 1. The summed E-state index contributed by atoms with van der Waals surface area (Å²) in [5, 5.41) is 2.68. The minimum atomic E-state index is -0.327. The first kappa shape index (κ1) is 14.5. The molecule has 0 saturated carbocycles. The van der Waals surface area contributed by atoms with Gasteiger partial charge < -0.3 is 10.1 Å². The highest BCUT2D eigenvalue weighted by atomic mass is 35.5. The molecule has 4 nitrogen and oxygen atoms in total. The van der Waals surface area contributed by atoms with Crippen LogP contribution in [0.3, 0.4) is 0 Å². The number of hydrogen-bond acceptors (Lipinski definition) is 3. The van der Waals surface area contributed by atoms with Crippen LogP contribution in [0, 0.1) is 6.92 Å². The van der Waals surface area contributed by atoms with Crippen molar-refractivity contribution in [2.75, 3.05) is 18.3 Å². The Morgan fingerprint density at radius 1 is 1.44 bits per heavy atom. The predicted octanol–water partition coefficient (Wildman–Crippen LogP) is 2.45. The van der Waals surface area contributed by atoms with E-state index in [2.05, 4.69) is 5.32 Å². The van der Waals surface area contributed by atoms with E-state index in [1.807, 2.05) is 13.0 Å². The van der Waals surface area contributed by atoms with E-state index in [0.717, 1.165) is 11.1 Å². The molecular formula is C13H16ClNO3. The Balaban J connectivity index is 2.92. The van der Waals surface area contributed by atoms with Gasteiger partial charge in [-0.3, -0.25) is 9.59 Å². The molecule has 0 radical (unpaired) electrons. The number of carbonyl (C=O) groups excluding carboxylic acids is 2. The van der Waals surface area contributed by atoms with Crippen LogP contribution < -0.4 is 5.32 Å².